The largest absolute Gasteiger partial charge is 0.480 e. The minimum absolute atomic E-state index is 0.00564. The van der Waals surface area contributed by atoms with Crippen LogP contribution in [0.4, 0.5) is 0 Å². The molecule has 1 amide bonds. The van der Waals surface area contributed by atoms with E-state index in [2.05, 4.69) is 9.97 Å². The summed E-state index contributed by atoms with van der Waals surface area (Å²) in [5.41, 5.74) is 0. The second-order valence-corrected chi connectivity index (χ2v) is 4.52. The van der Waals surface area contributed by atoms with Crippen molar-refractivity contribution in [3.05, 3.63) is 12.4 Å². The van der Waals surface area contributed by atoms with Crippen LogP contribution in [0.3, 0.4) is 0 Å². The van der Waals surface area contributed by atoms with Crippen LogP contribution < -0.4 is 9.47 Å². The van der Waals surface area contributed by atoms with Crippen molar-refractivity contribution in [1.82, 2.24) is 14.9 Å². The molecule has 7 heteroatoms. The Morgan fingerprint density at radius 3 is 3.05 bits per heavy atom. The van der Waals surface area contributed by atoms with Crippen LogP contribution in [-0.4, -0.2) is 53.0 Å². The summed E-state index contributed by atoms with van der Waals surface area (Å²) in [5.74, 6) is 0.754. The monoisotopic (exact) mass is 285 g/mol. The van der Waals surface area contributed by atoms with Crippen LogP contribution in [0.25, 0.3) is 0 Å². The molecule has 1 atom stereocenters. The zero-order valence-corrected chi connectivity index (χ0v) is 11.5. The molecule has 2 heterocycles. The van der Waals surface area contributed by atoms with Crippen LogP contribution in [0.2, 0.25) is 0 Å². The third-order valence-corrected chi connectivity index (χ3v) is 3.16. The second-order valence-electron chi connectivity index (χ2n) is 4.26. The summed E-state index contributed by atoms with van der Waals surface area (Å²) in [5, 5.41) is 0. The average molecular weight is 286 g/mol. The summed E-state index contributed by atoms with van der Waals surface area (Å²) in [7, 11) is 1.52. The summed E-state index contributed by atoms with van der Waals surface area (Å²) in [6.07, 6.45) is 4.74. The standard InChI is InChI=1S/C12H16ClN3O3/c1-18-10-6-14-7-11(15-10)19-9-3-2-4-16(8-9)12(17)5-13/h6-7,9H,2-5,8H2,1H3. The van der Waals surface area contributed by atoms with Gasteiger partial charge in [0.05, 0.1) is 26.0 Å². The van der Waals surface area contributed by atoms with Gasteiger partial charge in [0.2, 0.25) is 17.7 Å². The van der Waals surface area contributed by atoms with E-state index in [1.807, 2.05) is 0 Å². The molecule has 6 nitrogen and oxygen atoms in total. The first-order valence-electron chi connectivity index (χ1n) is 6.09. The van der Waals surface area contributed by atoms with Crippen molar-refractivity contribution in [3.8, 4) is 11.8 Å². The number of alkyl halides is 1. The molecule has 104 valence electrons. The van der Waals surface area contributed by atoms with E-state index in [1.54, 1.807) is 4.90 Å². The van der Waals surface area contributed by atoms with Crippen LogP contribution >= 0.6 is 11.6 Å². The lowest BCUT2D eigenvalue weighted by Crippen LogP contribution is -2.45. The topological polar surface area (TPSA) is 64.6 Å². The van der Waals surface area contributed by atoms with E-state index in [-0.39, 0.29) is 17.9 Å². The Morgan fingerprint density at radius 1 is 1.53 bits per heavy atom. The van der Waals surface area contributed by atoms with Gasteiger partial charge in [0.1, 0.15) is 12.0 Å². The zero-order chi connectivity index (χ0) is 13.7. The fourth-order valence-electron chi connectivity index (χ4n) is 2.00. The van der Waals surface area contributed by atoms with E-state index in [0.29, 0.717) is 18.3 Å². The number of methoxy groups -OCH3 is 1. The van der Waals surface area contributed by atoms with E-state index < -0.39 is 0 Å². The maximum Gasteiger partial charge on any atom is 0.237 e. The van der Waals surface area contributed by atoms with Crippen LogP contribution in [0.15, 0.2) is 12.4 Å². The molecule has 2 rings (SSSR count). The van der Waals surface area contributed by atoms with Crippen LogP contribution in [-0.2, 0) is 4.79 Å². The molecule has 0 radical (unpaired) electrons. The Labute approximate surface area is 116 Å². The summed E-state index contributed by atoms with van der Waals surface area (Å²) >= 11 is 5.56. The molecule has 19 heavy (non-hydrogen) atoms. The number of ether oxygens (including phenoxy) is 2. The fourth-order valence-corrected chi connectivity index (χ4v) is 2.17. The Morgan fingerprint density at radius 2 is 2.32 bits per heavy atom. The van der Waals surface area contributed by atoms with Gasteiger partial charge in [0.15, 0.2) is 0 Å². The third-order valence-electron chi connectivity index (χ3n) is 2.93. The fraction of sp³-hybridized carbons (Fsp3) is 0.583. The number of nitrogens with zero attached hydrogens (tertiary/aromatic N) is 3. The highest BCUT2D eigenvalue weighted by Crippen LogP contribution is 2.18. The summed E-state index contributed by atoms with van der Waals surface area (Å²) in [6, 6.07) is 0. The van der Waals surface area contributed by atoms with Crippen molar-refractivity contribution < 1.29 is 14.3 Å². The van der Waals surface area contributed by atoms with Crippen LogP contribution in [0.5, 0.6) is 11.8 Å². The van der Waals surface area contributed by atoms with Gasteiger partial charge in [0, 0.05) is 6.54 Å². The highest BCUT2D eigenvalue weighted by molar-refractivity contribution is 6.27. The van der Waals surface area contributed by atoms with Crippen LogP contribution in [0.1, 0.15) is 12.8 Å². The average Bonchev–Trinajstić information content (AvgIpc) is 2.47. The molecule has 1 saturated heterocycles. The molecule has 1 unspecified atom stereocenters. The molecule has 0 spiro atoms. The number of carbonyl (C=O) groups excluding carboxylic acids is 1. The van der Waals surface area contributed by atoms with E-state index in [9.17, 15) is 4.79 Å². The molecule has 1 aromatic heterocycles. The van der Waals surface area contributed by atoms with Gasteiger partial charge >= 0.3 is 0 Å². The molecule has 1 aliphatic rings. The van der Waals surface area contributed by atoms with Gasteiger partial charge in [-0.1, -0.05) is 0 Å². The first-order chi connectivity index (χ1) is 9.22. The highest BCUT2D eigenvalue weighted by Gasteiger charge is 2.24. The first kappa shape index (κ1) is 13.9. The number of hydrogen-bond acceptors (Lipinski definition) is 5. The molecule has 0 aromatic carbocycles. The maximum absolute atomic E-state index is 11.6. The number of hydrogen-bond donors (Lipinski definition) is 0. The van der Waals surface area contributed by atoms with Gasteiger partial charge in [-0.3, -0.25) is 9.78 Å². The molecule has 0 aliphatic carbocycles. The maximum atomic E-state index is 11.6. The lowest BCUT2D eigenvalue weighted by Gasteiger charge is -2.32. The Hall–Kier alpha value is -1.56. The molecular weight excluding hydrogens is 270 g/mol. The van der Waals surface area contributed by atoms with Crippen molar-refractivity contribution in [3.63, 3.8) is 0 Å². The number of aromatic nitrogens is 2. The second kappa shape index (κ2) is 6.56. The molecular formula is C12H16ClN3O3. The molecule has 0 bridgehead atoms. The molecule has 0 saturated carbocycles. The normalized spacial score (nSPS) is 19.1. The quantitative estimate of drug-likeness (QED) is 0.775. The van der Waals surface area contributed by atoms with E-state index >= 15 is 0 Å². The van der Waals surface area contributed by atoms with Gasteiger partial charge in [-0.05, 0) is 12.8 Å². The Kier molecular flexibility index (Phi) is 4.79. The molecule has 1 aliphatic heterocycles. The highest BCUT2D eigenvalue weighted by atomic mass is 35.5. The van der Waals surface area contributed by atoms with Crippen molar-refractivity contribution in [2.45, 2.75) is 18.9 Å². The predicted octanol–water partition coefficient (Wildman–Crippen LogP) is 1.09. The number of rotatable bonds is 4. The smallest absolute Gasteiger partial charge is 0.237 e. The number of carbonyl (C=O) groups is 1. The Balaban J connectivity index is 1.96. The van der Waals surface area contributed by atoms with Crippen molar-refractivity contribution >= 4 is 17.5 Å². The van der Waals surface area contributed by atoms with Gasteiger partial charge in [-0.25, -0.2) is 0 Å². The van der Waals surface area contributed by atoms with Gasteiger partial charge in [-0.15, -0.1) is 11.6 Å². The van der Waals surface area contributed by atoms with E-state index in [1.165, 1.54) is 19.5 Å². The van der Waals surface area contributed by atoms with Gasteiger partial charge < -0.3 is 14.4 Å². The first-order valence-corrected chi connectivity index (χ1v) is 6.63. The SMILES string of the molecule is COc1cncc(OC2CCCN(C(=O)CCl)C2)n1. The van der Waals surface area contributed by atoms with Crippen LogP contribution in [0, 0.1) is 0 Å². The zero-order valence-electron chi connectivity index (χ0n) is 10.7. The third kappa shape index (κ3) is 3.70. The summed E-state index contributed by atoms with van der Waals surface area (Å²) < 4.78 is 10.7. The van der Waals surface area contributed by atoms with Gasteiger partial charge in [0.25, 0.3) is 0 Å². The van der Waals surface area contributed by atoms with Crippen molar-refractivity contribution in [2.75, 3.05) is 26.1 Å². The van der Waals surface area contributed by atoms with Crippen molar-refractivity contribution in [2.24, 2.45) is 0 Å². The number of amides is 1. The van der Waals surface area contributed by atoms with E-state index in [4.69, 9.17) is 21.1 Å². The predicted molar refractivity (Wildman–Crippen MR) is 69.5 cm³/mol. The molecule has 1 fully saturated rings. The van der Waals surface area contributed by atoms with E-state index in [0.717, 1.165) is 19.4 Å². The lowest BCUT2D eigenvalue weighted by molar-refractivity contribution is -0.131. The number of likely N-dealkylation sites (tertiary alicyclic amines) is 1. The summed E-state index contributed by atoms with van der Waals surface area (Å²) in [6.45, 7) is 1.26. The summed E-state index contributed by atoms with van der Waals surface area (Å²) in [4.78, 5) is 21.4. The number of piperidine rings is 1. The minimum Gasteiger partial charge on any atom is -0.480 e. The number of halogens is 1. The van der Waals surface area contributed by atoms with Gasteiger partial charge in [-0.2, -0.15) is 4.98 Å². The Bertz CT molecular complexity index is 444. The van der Waals surface area contributed by atoms with Crippen molar-refractivity contribution in [1.29, 1.82) is 0 Å². The molecule has 1 aromatic rings. The molecule has 0 N–H and O–H groups in total. The minimum atomic E-state index is -0.0812. The lowest BCUT2D eigenvalue weighted by atomic mass is 10.1.